The number of aromatic nitrogens is 1. The molecule has 0 aliphatic heterocycles. The fourth-order valence-electron chi connectivity index (χ4n) is 3.40. The van der Waals surface area contributed by atoms with Gasteiger partial charge in [0.15, 0.2) is 6.10 Å². The fourth-order valence-corrected chi connectivity index (χ4v) is 4.21. The van der Waals surface area contributed by atoms with Gasteiger partial charge in [0.25, 0.3) is 5.91 Å². The van der Waals surface area contributed by atoms with Crippen molar-refractivity contribution in [1.82, 2.24) is 9.88 Å². The molecule has 0 aliphatic carbocycles. The summed E-state index contributed by atoms with van der Waals surface area (Å²) in [6.45, 7) is 8.33. The first-order valence-electron chi connectivity index (χ1n) is 9.99. The predicted molar refractivity (Wildman–Crippen MR) is 117 cm³/mol. The highest BCUT2D eigenvalue weighted by atomic mass is 32.1. The van der Waals surface area contributed by atoms with Gasteiger partial charge in [0.2, 0.25) is 0 Å². The second-order valence-electron chi connectivity index (χ2n) is 7.76. The molecule has 0 spiro atoms. The van der Waals surface area contributed by atoms with Crippen LogP contribution in [0.1, 0.15) is 49.8 Å². The Morgan fingerprint density at radius 2 is 1.83 bits per heavy atom. The summed E-state index contributed by atoms with van der Waals surface area (Å²) in [6.07, 6.45) is -0.0931. The molecular formula is C23H28N2O3S. The number of carbonyl (C=O) groups is 2. The van der Waals surface area contributed by atoms with Gasteiger partial charge in [-0.05, 0) is 49.3 Å². The van der Waals surface area contributed by atoms with Crippen molar-refractivity contribution in [3.8, 4) is 0 Å². The molecule has 0 fully saturated rings. The third kappa shape index (κ3) is 4.88. The molecule has 0 bridgehead atoms. The van der Waals surface area contributed by atoms with E-state index < -0.39 is 12.1 Å². The summed E-state index contributed by atoms with van der Waals surface area (Å²) in [5.41, 5.74) is 2.66. The number of nitrogens with zero attached hydrogens (tertiary/aromatic N) is 1. The van der Waals surface area contributed by atoms with Gasteiger partial charge in [-0.1, -0.05) is 44.2 Å². The Kier molecular flexibility index (Phi) is 6.75. The lowest BCUT2D eigenvalue weighted by Gasteiger charge is -2.22. The summed E-state index contributed by atoms with van der Waals surface area (Å²) in [5, 5.41) is 4.92. The fraction of sp³-hybridized carbons (Fsp3) is 0.391. The number of thiophene rings is 1. The summed E-state index contributed by atoms with van der Waals surface area (Å²) in [4.78, 5) is 25.6. The van der Waals surface area contributed by atoms with Crippen LogP contribution in [-0.2, 0) is 16.0 Å². The van der Waals surface area contributed by atoms with Gasteiger partial charge in [0.05, 0.1) is 10.2 Å². The van der Waals surface area contributed by atoms with E-state index in [0.717, 1.165) is 22.2 Å². The molecule has 0 radical (unpaired) electrons. The summed E-state index contributed by atoms with van der Waals surface area (Å²) in [7, 11) is 0. The molecule has 0 saturated carbocycles. The van der Waals surface area contributed by atoms with Crippen LogP contribution in [0.5, 0.6) is 0 Å². The van der Waals surface area contributed by atoms with Crippen LogP contribution in [0.15, 0.2) is 47.8 Å². The number of amides is 1. The van der Waals surface area contributed by atoms with Crippen molar-refractivity contribution < 1.29 is 14.3 Å². The summed E-state index contributed by atoms with van der Waals surface area (Å²) in [6, 6.07) is 13.9. The Balaban J connectivity index is 1.68. The molecule has 0 aliphatic rings. The van der Waals surface area contributed by atoms with Crippen LogP contribution in [0.2, 0.25) is 0 Å². The Morgan fingerprint density at radius 3 is 2.48 bits per heavy atom. The van der Waals surface area contributed by atoms with Crippen molar-refractivity contribution >= 4 is 33.4 Å². The van der Waals surface area contributed by atoms with Crippen LogP contribution >= 0.6 is 11.3 Å². The molecule has 154 valence electrons. The van der Waals surface area contributed by atoms with Gasteiger partial charge in [-0.3, -0.25) is 4.79 Å². The minimum Gasteiger partial charge on any atom is -0.447 e. The monoisotopic (exact) mass is 412 g/mol. The van der Waals surface area contributed by atoms with E-state index >= 15 is 0 Å². The molecule has 2 aromatic heterocycles. The average molecular weight is 413 g/mol. The molecule has 1 amide bonds. The molecular weight excluding hydrogens is 384 g/mol. The van der Waals surface area contributed by atoms with Crippen LogP contribution in [0.3, 0.4) is 0 Å². The van der Waals surface area contributed by atoms with E-state index in [-0.39, 0.29) is 17.9 Å². The van der Waals surface area contributed by atoms with Crippen LogP contribution in [-0.4, -0.2) is 29.1 Å². The van der Waals surface area contributed by atoms with Crippen LogP contribution in [0.25, 0.3) is 10.2 Å². The lowest BCUT2D eigenvalue weighted by atomic mass is 10.1. The smallest absolute Gasteiger partial charge is 0.355 e. The van der Waals surface area contributed by atoms with Crippen molar-refractivity contribution in [3.05, 3.63) is 59.1 Å². The normalized spacial score (nSPS) is 12.5. The van der Waals surface area contributed by atoms with E-state index in [4.69, 9.17) is 4.74 Å². The van der Waals surface area contributed by atoms with E-state index in [1.807, 2.05) is 80.1 Å². The highest BCUT2D eigenvalue weighted by molar-refractivity contribution is 7.17. The Hall–Kier alpha value is -2.60. The van der Waals surface area contributed by atoms with E-state index in [0.29, 0.717) is 12.2 Å². The minimum absolute atomic E-state index is 0.113. The predicted octanol–water partition coefficient (Wildman–Crippen LogP) is 4.82. The van der Waals surface area contributed by atoms with E-state index in [9.17, 15) is 9.59 Å². The second-order valence-corrected chi connectivity index (χ2v) is 8.71. The number of fused-ring (bicyclic) bond motifs is 1. The molecule has 1 unspecified atom stereocenters. The number of hydrogen-bond acceptors (Lipinski definition) is 4. The zero-order chi connectivity index (χ0) is 21.0. The maximum absolute atomic E-state index is 12.9. The van der Waals surface area contributed by atoms with Crippen molar-refractivity contribution in [2.75, 3.05) is 6.54 Å². The Morgan fingerprint density at radius 1 is 1.10 bits per heavy atom. The van der Waals surface area contributed by atoms with E-state index in [1.165, 1.54) is 0 Å². The van der Waals surface area contributed by atoms with Gasteiger partial charge < -0.3 is 14.6 Å². The Bertz CT molecular complexity index is 973. The van der Waals surface area contributed by atoms with Gasteiger partial charge >= 0.3 is 5.97 Å². The number of esters is 1. The maximum Gasteiger partial charge on any atom is 0.355 e. The van der Waals surface area contributed by atoms with Crippen LogP contribution in [0.4, 0.5) is 0 Å². The van der Waals surface area contributed by atoms with Crippen LogP contribution < -0.4 is 5.32 Å². The van der Waals surface area contributed by atoms with Crippen molar-refractivity contribution in [2.24, 2.45) is 5.92 Å². The zero-order valence-electron chi connectivity index (χ0n) is 17.3. The molecule has 5 nitrogen and oxygen atoms in total. The third-order valence-electron chi connectivity index (χ3n) is 4.84. The van der Waals surface area contributed by atoms with Gasteiger partial charge in [-0.15, -0.1) is 11.3 Å². The van der Waals surface area contributed by atoms with Crippen molar-refractivity contribution in [2.45, 2.75) is 46.3 Å². The largest absolute Gasteiger partial charge is 0.447 e. The molecule has 0 saturated heterocycles. The SMILES string of the molecule is CC(C)C(OC(=O)c1cc2sccc2n1C(C)C)C(=O)NCCc1ccccc1. The number of hydrogen-bond donors (Lipinski definition) is 1. The topological polar surface area (TPSA) is 60.3 Å². The first-order chi connectivity index (χ1) is 13.9. The quantitative estimate of drug-likeness (QED) is 0.540. The number of nitrogens with one attached hydrogen (secondary N) is 1. The summed E-state index contributed by atoms with van der Waals surface area (Å²) < 4.78 is 8.70. The van der Waals surface area contributed by atoms with Crippen molar-refractivity contribution in [3.63, 3.8) is 0 Å². The van der Waals surface area contributed by atoms with E-state index in [2.05, 4.69) is 5.32 Å². The molecule has 6 heteroatoms. The highest BCUT2D eigenvalue weighted by Crippen LogP contribution is 2.29. The molecule has 1 N–H and O–H groups in total. The molecule has 2 heterocycles. The van der Waals surface area contributed by atoms with Crippen molar-refractivity contribution in [1.29, 1.82) is 0 Å². The molecule has 1 atom stereocenters. The number of carbonyl (C=O) groups excluding carboxylic acids is 2. The summed E-state index contributed by atoms with van der Waals surface area (Å²) >= 11 is 1.59. The summed E-state index contributed by atoms with van der Waals surface area (Å²) in [5.74, 6) is -0.841. The number of rotatable bonds is 8. The molecule has 3 rings (SSSR count). The minimum atomic E-state index is -0.827. The van der Waals surface area contributed by atoms with Gasteiger partial charge in [0, 0.05) is 12.6 Å². The lowest BCUT2D eigenvalue weighted by molar-refractivity contribution is -0.132. The zero-order valence-corrected chi connectivity index (χ0v) is 18.2. The molecule has 3 aromatic rings. The second kappa shape index (κ2) is 9.27. The highest BCUT2D eigenvalue weighted by Gasteiger charge is 2.29. The van der Waals surface area contributed by atoms with Gasteiger partial charge in [-0.2, -0.15) is 0 Å². The average Bonchev–Trinajstić information content (AvgIpc) is 3.27. The standard InChI is InChI=1S/C23H28N2O3S/c1-15(2)21(22(26)24-12-10-17-8-6-5-7-9-17)28-23(27)19-14-20-18(11-13-29-20)25(19)16(3)4/h5-9,11,13-16,21H,10,12H2,1-4H3,(H,24,26). The van der Waals surface area contributed by atoms with E-state index in [1.54, 1.807) is 11.3 Å². The molecule has 29 heavy (non-hydrogen) atoms. The number of benzene rings is 1. The van der Waals surface area contributed by atoms with Crippen LogP contribution in [0, 0.1) is 5.92 Å². The third-order valence-corrected chi connectivity index (χ3v) is 5.69. The molecule has 1 aromatic carbocycles. The van der Waals surface area contributed by atoms with Gasteiger partial charge in [0.1, 0.15) is 5.69 Å². The first-order valence-corrected chi connectivity index (χ1v) is 10.9. The lowest BCUT2D eigenvalue weighted by Crippen LogP contribution is -2.42. The Labute approximate surface area is 175 Å². The first kappa shape index (κ1) is 21.1. The van der Waals surface area contributed by atoms with Gasteiger partial charge in [-0.25, -0.2) is 4.79 Å². The maximum atomic E-state index is 12.9. The number of ether oxygens (including phenoxy) is 1.